The van der Waals surface area contributed by atoms with Crippen molar-refractivity contribution in [2.45, 2.75) is 25.9 Å². The Bertz CT molecular complexity index is 1150. The van der Waals surface area contributed by atoms with Crippen LogP contribution in [0.5, 0.6) is 0 Å². The van der Waals surface area contributed by atoms with Gasteiger partial charge in [-0.3, -0.25) is 19.3 Å². The fourth-order valence-corrected chi connectivity index (χ4v) is 5.00. The van der Waals surface area contributed by atoms with Crippen molar-refractivity contribution in [2.24, 2.45) is 7.05 Å². The summed E-state index contributed by atoms with van der Waals surface area (Å²) in [5, 5.41) is 8.29. The van der Waals surface area contributed by atoms with Crippen LogP contribution in [-0.4, -0.2) is 81.0 Å². The van der Waals surface area contributed by atoms with Gasteiger partial charge in [-0.2, -0.15) is 5.10 Å². The van der Waals surface area contributed by atoms with Crippen molar-refractivity contribution in [2.75, 3.05) is 45.9 Å². The predicted molar refractivity (Wildman–Crippen MR) is 134 cm³/mol. The van der Waals surface area contributed by atoms with Crippen LogP contribution in [0.4, 0.5) is 0 Å². The van der Waals surface area contributed by atoms with E-state index in [1.807, 2.05) is 36.1 Å². The minimum atomic E-state index is -0.0839. The van der Waals surface area contributed by atoms with E-state index in [1.54, 1.807) is 6.20 Å². The van der Waals surface area contributed by atoms with Crippen LogP contribution in [0.2, 0.25) is 5.02 Å². The molecule has 186 valence electrons. The summed E-state index contributed by atoms with van der Waals surface area (Å²) in [7, 11) is 1.93. The van der Waals surface area contributed by atoms with Crippen LogP contribution in [0.3, 0.4) is 0 Å². The Kier molecular flexibility index (Phi) is 7.48. The van der Waals surface area contributed by atoms with Crippen LogP contribution < -0.4 is 5.32 Å². The first-order valence-corrected chi connectivity index (χ1v) is 12.6. The average molecular weight is 498 g/mol. The highest BCUT2D eigenvalue weighted by Gasteiger charge is 2.27. The van der Waals surface area contributed by atoms with Gasteiger partial charge in [0.1, 0.15) is 5.82 Å². The summed E-state index contributed by atoms with van der Waals surface area (Å²) in [6.45, 7) is 7.50. The fourth-order valence-electron chi connectivity index (χ4n) is 4.89. The zero-order chi connectivity index (χ0) is 24.2. The molecule has 10 heteroatoms. The fraction of sp³-hybridized carbons (Fsp3) is 0.480. The van der Waals surface area contributed by atoms with Gasteiger partial charge in [-0.05, 0) is 37.2 Å². The molecule has 1 N–H and O–H groups in total. The van der Waals surface area contributed by atoms with Crippen molar-refractivity contribution >= 4 is 17.5 Å². The number of pyridine rings is 1. The van der Waals surface area contributed by atoms with Gasteiger partial charge in [0.05, 0.1) is 18.2 Å². The van der Waals surface area contributed by atoms with Gasteiger partial charge in [0.25, 0.3) is 5.91 Å². The predicted octanol–water partition coefficient (Wildman–Crippen LogP) is 2.27. The molecule has 0 aromatic carbocycles. The van der Waals surface area contributed by atoms with Gasteiger partial charge in [0, 0.05) is 82.1 Å². The van der Waals surface area contributed by atoms with Crippen LogP contribution in [0, 0.1) is 0 Å². The molecule has 5 rings (SSSR count). The summed E-state index contributed by atoms with van der Waals surface area (Å²) in [6.07, 6.45) is 5.46. The molecule has 35 heavy (non-hydrogen) atoms. The number of hydrogen-bond donors (Lipinski definition) is 1. The number of hydrogen-bond acceptors (Lipinski definition) is 6. The average Bonchev–Trinajstić information content (AvgIpc) is 3.47. The maximum Gasteiger partial charge on any atom is 0.272 e. The van der Waals surface area contributed by atoms with E-state index >= 15 is 0 Å². The van der Waals surface area contributed by atoms with Crippen LogP contribution in [-0.2, 0) is 31.3 Å². The maximum atomic E-state index is 13.0. The molecule has 0 bridgehead atoms. The molecule has 9 nitrogen and oxygen atoms in total. The van der Waals surface area contributed by atoms with Crippen molar-refractivity contribution in [3.05, 3.63) is 64.3 Å². The lowest BCUT2D eigenvalue weighted by molar-refractivity contribution is 0.0374. The van der Waals surface area contributed by atoms with Gasteiger partial charge in [-0.25, -0.2) is 4.98 Å². The Morgan fingerprint density at radius 1 is 1.17 bits per heavy atom. The van der Waals surface area contributed by atoms with E-state index in [0.717, 1.165) is 81.5 Å². The number of nitrogens with zero attached hydrogens (tertiary/aromatic N) is 6. The van der Waals surface area contributed by atoms with E-state index in [2.05, 4.69) is 35.8 Å². The summed E-state index contributed by atoms with van der Waals surface area (Å²) in [5.41, 5.74) is 3.87. The number of aromatic nitrogens is 4. The molecule has 3 aromatic rings. The molecule has 2 aliphatic rings. The molecule has 1 fully saturated rings. The van der Waals surface area contributed by atoms with E-state index in [1.165, 1.54) is 0 Å². The van der Waals surface area contributed by atoms with Crippen LogP contribution in [0.1, 0.15) is 33.9 Å². The lowest BCUT2D eigenvalue weighted by atomic mass is 10.0. The SMILES string of the molecule is Cn1nc(C(=O)NCCCN2CCOCC2)c2c1CCN(Cc1cccn1-c1ccc(Cl)cn1)C2. The Morgan fingerprint density at radius 3 is 2.83 bits per heavy atom. The van der Waals surface area contributed by atoms with E-state index in [-0.39, 0.29) is 5.91 Å². The first kappa shape index (κ1) is 24.0. The highest BCUT2D eigenvalue weighted by molar-refractivity contribution is 6.30. The number of fused-ring (bicyclic) bond motifs is 1. The standard InChI is InChI=1S/C25H32ClN7O2/c1-30-22-7-11-32(17-20-4-2-10-33(20)23-6-5-19(26)16-28-23)18-21(22)24(29-30)25(34)27-8-3-9-31-12-14-35-15-13-31/h2,4-6,10,16H,3,7-9,11-15,17-18H2,1H3,(H,27,34). The third-order valence-corrected chi connectivity index (χ3v) is 6.98. The molecule has 0 radical (unpaired) electrons. The molecular formula is C25H32ClN7O2. The van der Waals surface area contributed by atoms with Crippen molar-refractivity contribution in [1.29, 1.82) is 0 Å². The Morgan fingerprint density at radius 2 is 2.03 bits per heavy atom. The molecule has 3 aromatic heterocycles. The lowest BCUT2D eigenvalue weighted by Crippen LogP contribution is -2.38. The largest absolute Gasteiger partial charge is 0.379 e. The lowest BCUT2D eigenvalue weighted by Gasteiger charge is -2.28. The summed E-state index contributed by atoms with van der Waals surface area (Å²) in [6, 6.07) is 7.91. The summed E-state index contributed by atoms with van der Waals surface area (Å²) < 4.78 is 9.35. The molecule has 0 aliphatic carbocycles. The van der Waals surface area contributed by atoms with Crippen LogP contribution in [0.15, 0.2) is 36.7 Å². The van der Waals surface area contributed by atoms with Gasteiger partial charge < -0.3 is 14.6 Å². The van der Waals surface area contributed by atoms with Crippen LogP contribution in [0.25, 0.3) is 5.82 Å². The molecule has 0 unspecified atom stereocenters. The topological polar surface area (TPSA) is 80.5 Å². The van der Waals surface area contributed by atoms with E-state index < -0.39 is 0 Å². The first-order chi connectivity index (χ1) is 17.1. The second kappa shape index (κ2) is 10.9. The number of ether oxygens (including phenoxy) is 1. The number of carbonyl (C=O) groups excluding carboxylic acids is 1. The number of carbonyl (C=O) groups is 1. The molecule has 1 saturated heterocycles. The second-order valence-corrected chi connectivity index (χ2v) is 9.56. The number of morpholine rings is 1. The normalized spacial score (nSPS) is 16.9. The molecule has 0 spiro atoms. The molecule has 2 aliphatic heterocycles. The highest BCUT2D eigenvalue weighted by Crippen LogP contribution is 2.24. The second-order valence-electron chi connectivity index (χ2n) is 9.13. The van der Waals surface area contributed by atoms with Gasteiger partial charge in [0.2, 0.25) is 0 Å². The quantitative estimate of drug-likeness (QED) is 0.481. The maximum absolute atomic E-state index is 13.0. The number of amides is 1. The van der Waals surface area contributed by atoms with Gasteiger partial charge >= 0.3 is 0 Å². The van der Waals surface area contributed by atoms with E-state index in [9.17, 15) is 4.79 Å². The number of rotatable bonds is 8. The third-order valence-electron chi connectivity index (χ3n) is 6.75. The number of halogens is 1. The van der Waals surface area contributed by atoms with Crippen LogP contribution >= 0.6 is 11.6 Å². The van der Waals surface area contributed by atoms with Gasteiger partial charge in [-0.15, -0.1) is 0 Å². The van der Waals surface area contributed by atoms with E-state index in [4.69, 9.17) is 16.3 Å². The monoisotopic (exact) mass is 497 g/mol. The summed E-state index contributed by atoms with van der Waals surface area (Å²) >= 11 is 6.01. The van der Waals surface area contributed by atoms with E-state index in [0.29, 0.717) is 23.8 Å². The zero-order valence-electron chi connectivity index (χ0n) is 20.1. The minimum absolute atomic E-state index is 0.0839. The Labute approximate surface area is 210 Å². The summed E-state index contributed by atoms with van der Waals surface area (Å²) in [5.74, 6) is 0.755. The number of nitrogens with one attached hydrogen (secondary N) is 1. The number of aryl methyl sites for hydroxylation is 1. The zero-order valence-corrected chi connectivity index (χ0v) is 20.9. The molecule has 0 saturated carbocycles. The smallest absolute Gasteiger partial charge is 0.272 e. The van der Waals surface area contributed by atoms with Gasteiger partial charge in [-0.1, -0.05) is 11.6 Å². The van der Waals surface area contributed by atoms with Crippen molar-refractivity contribution < 1.29 is 9.53 Å². The van der Waals surface area contributed by atoms with Crippen molar-refractivity contribution in [3.63, 3.8) is 0 Å². The first-order valence-electron chi connectivity index (χ1n) is 12.2. The van der Waals surface area contributed by atoms with Gasteiger partial charge in [0.15, 0.2) is 5.69 Å². The highest BCUT2D eigenvalue weighted by atomic mass is 35.5. The third kappa shape index (κ3) is 5.59. The summed E-state index contributed by atoms with van der Waals surface area (Å²) in [4.78, 5) is 22.2. The molecular weight excluding hydrogens is 466 g/mol. The molecule has 1 amide bonds. The Hall–Kier alpha value is -2.72. The van der Waals surface area contributed by atoms with Crippen molar-refractivity contribution in [1.82, 2.24) is 34.4 Å². The molecule has 0 atom stereocenters. The molecule has 5 heterocycles. The van der Waals surface area contributed by atoms with Crippen molar-refractivity contribution in [3.8, 4) is 5.82 Å². The Balaban J connectivity index is 1.21. The minimum Gasteiger partial charge on any atom is -0.379 e.